The quantitative estimate of drug-likeness (QED) is 0.688. The van der Waals surface area contributed by atoms with Crippen molar-refractivity contribution < 1.29 is 5.11 Å². The van der Waals surface area contributed by atoms with E-state index in [2.05, 4.69) is 9.97 Å². The maximum atomic E-state index is 9.84. The second-order valence-electron chi connectivity index (χ2n) is 5.67. The van der Waals surface area contributed by atoms with E-state index in [9.17, 15) is 5.11 Å². The lowest BCUT2D eigenvalue weighted by atomic mass is 10.0. The lowest BCUT2D eigenvalue weighted by Crippen LogP contribution is -2.15. The van der Waals surface area contributed by atoms with E-state index in [1.54, 1.807) is 0 Å². The molecule has 3 aromatic rings. The highest BCUT2D eigenvalue weighted by atomic mass is 35.5. The second-order valence-corrected chi connectivity index (χ2v) is 6.11. The summed E-state index contributed by atoms with van der Waals surface area (Å²) in [6.07, 6.45) is 0.648. The summed E-state index contributed by atoms with van der Waals surface area (Å²) in [5.74, 6) is 1.08. The van der Waals surface area contributed by atoms with Crippen molar-refractivity contribution in [1.29, 1.82) is 0 Å². The number of aromatic hydroxyl groups is 1. The van der Waals surface area contributed by atoms with Crippen LogP contribution in [0.25, 0.3) is 11.0 Å². The molecular formula is C17H18ClN3O. The number of nitrogens with zero attached hydrogens (tertiary/aromatic N) is 1. The fourth-order valence-corrected chi connectivity index (χ4v) is 2.85. The molecule has 3 rings (SSSR count). The molecule has 0 radical (unpaired) electrons. The summed E-state index contributed by atoms with van der Waals surface area (Å²) >= 11 is 5.98. The van der Waals surface area contributed by atoms with Gasteiger partial charge in [-0.05, 0) is 55.2 Å². The average Bonchev–Trinajstić information content (AvgIpc) is 2.87. The zero-order chi connectivity index (χ0) is 15.9. The van der Waals surface area contributed by atoms with Gasteiger partial charge < -0.3 is 15.8 Å². The van der Waals surface area contributed by atoms with Crippen molar-refractivity contribution in [2.75, 3.05) is 0 Å². The van der Waals surface area contributed by atoms with Gasteiger partial charge >= 0.3 is 0 Å². The molecule has 0 fully saturated rings. The van der Waals surface area contributed by atoms with Crippen LogP contribution in [0.4, 0.5) is 0 Å². The molecule has 0 saturated carbocycles. The fraction of sp³-hybridized carbons (Fsp3) is 0.235. The number of hydrogen-bond acceptors (Lipinski definition) is 3. The third kappa shape index (κ3) is 2.80. The van der Waals surface area contributed by atoms with Gasteiger partial charge in [0.2, 0.25) is 0 Å². The predicted molar refractivity (Wildman–Crippen MR) is 89.3 cm³/mol. The minimum atomic E-state index is -0.241. The third-order valence-electron chi connectivity index (χ3n) is 3.82. The number of nitrogens with two attached hydrogens (primary N) is 1. The van der Waals surface area contributed by atoms with Crippen LogP contribution in [0.3, 0.4) is 0 Å². The van der Waals surface area contributed by atoms with Crippen LogP contribution in [0.15, 0.2) is 30.3 Å². The zero-order valence-corrected chi connectivity index (χ0v) is 13.3. The van der Waals surface area contributed by atoms with Crippen molar-refractivity contribution >= 4 is 22.6 Å². The highest BCUT2D eigenvalue weighted by Crippen LogP contribution is 2.26. The molecule has 4 nitrogen and oxygen atoms in total. The number of phenols is 1. The molecule has 2 aromatic carbocycles. The van der Waals surface area contributed by atoms with Crippen LogP contribution < -0.4 is 5.73 Å². The number of aromatic nitrogens is 2. The predicted octanol–water partition coefficient (Wildman–Crippen LogP) is 3.78. The lowest BCUT2D eigenvalue weighted by molar-refractivity contribution is 0.466. The first kappa shape index (κ1) is 14.9. The molecule has 1 heterocycles. The number of benzene rings is 2. The Morgan fingerprint density at radius 2 is 1.91 bits per heavy atom. The molecule has 0 bridgehead atoms. The Morgan fingerprint density at radius 3 is 2.59 bits per heavy atom. The van der Waals surface area contributed by atoms with Crippen LogP contribution in [-0.4, -0.2) is 15.1 Å². The standard InChI is InChI=1S/C17H18ClN3O/c1-9-5-11(6-10(2)16(9)22)7-13(19)17-20-14-4-3-12(18)8-15(14)21-17/h3-6,8,13,22H,7,19H2,1-2H3,(H,20,21). The molecule has 0 saturated heterocycles. The summed E-state index contributed by atoms with van der Waals surface area (Å²) in [4.78, 5) is 7.76. The lowest BCUT2D eigenvalue weighted by Gasteiger charge is -2.11. The first-order valence-corrected chi connectivity index (χ1v) is 7.51. The molecular weight excluding hydrogens is 298 g/mol. The molecule has 22 heavy (non-hydrogen) atoms. The summed E-state index contributed by atoms with van der Waals surface area (Å²) in [7, 11) is 0. The number of phenolic OH excluding ortho intramolecular Hbond substituents is 1. The Kier molecular flexibility index (Phi) is 3.81. The Labute approximate surface area is 133 Å². The topological polar surface area (TPSA) is 74.9 Å². The van der Waals surface area contributed by atoms with Gasteiger partial charge in [0.1, 0.15) is 11.6 Å². The van der Waals surface area contributed by atoms with E-state index in [0.717, 1.165) is 33.5 Å². The van der Waals surface area contributed by atoms with Crippen LogP contribution in [0.2, 0.25) is 5.02 Å². The summed E-state index contributed by atoms with van der Waals surface area (Å²) in [5.41, 5.74) is 10.8. The van der Waals surface area contributed by atoms with Crippen molar-refractivity contribution in [1.82, 2.24) is 9.97 Å². The fourth-order valence-electron chi connectivity index (χ4n) is 2.69. The summed E-state index contributed by atoms with van der Waals surface area (Å²) < 4.78 is 0. The van der Waals surface area contributed by atoms with Gasteiger partial charge in [-0.25, -0.2) is 4.98 Å². The van der Waals surface area contributed by atoms with E-state index < -0.39 is 0 Å². The molecule has 1 unspecified atom stereocenters. The van der Waals surface area contributed by atoms with E-state index in [0.29, 0.717) is 17.2 Å². The van der Waals surface area contributed by atoms with Gasteiger partial charge in [0, 0.05) is 5.02 Å². The number of H-pyrrole nitrogens is 1. The van der Waals surface area contributed by atoms with Crippen LogP contribution >= 0.6 is 11.6 Å². The van der Waals surface area contributed by atoms with Gasteiger partial charge in [-0.2, -0.15) is 0 Å². The number of aromatic amines is 1. The van der Waals surface area contributed by atoms with Gasteiger partial charge in [0.25, 0.3) is 0 Å². The van der Waals surface area contributed by atoms with Gasteiger partial charge in [0.15, 0.2) is 0 Å². The summed E-state index contributed by atoms with van der Waals surface area (Å²) in [5, 5.41) is 10.5. The molecule has 0 aliphatic carbocycles. The molecule has 0 amide bonds. The first-order chi connectivity index (χ1) is 10.4. The molecule has 4 N–H and O–H groups in total. The number of aryl methyl sites for hydroxylation is 2. The van der Waals surface area contributed by atoms with E-state index in [1.807, 2.05) is 44.2 Å². The Balaban J connectivity index is 1.88. The van der Waals surface area contributed by atoms with Crippen LogP contribution in [0.5, 0.6) is 5.75 Å². The van der Waals surface area contributed by atoms with E-state index in [-0.39, 0.29) is 6.04 Å². The molecule has 114 valence electrons. The first-order valence-electron chi connectivity index (χ1n) is 7.14. The Hall–Kier alpha value is -2.04. The van der Waals surface area contributed by atoms with Crippen molar-refractivity contribution in [3.63, 3.8) is 0 Å². The zero-order valence-electron chi connectivity index (χ0n) is 12.5. The molecule has 5 heteroatoms. The third-order valence-corrected chi connectivity index (χ3v) is 4.06. The molecule has 1 atom stereocenters. The van der Waals surface area contributed by atoms with Crippen LogP contribution in [0, 0.1) is 13.8 Å². The van der Waals surface area contributed by atoms with Gasteiger partial charge in [0.05, 0.1) is 17.1 Å². The maximum absolute atomic E-state index is 9.84. The normalized spacial score (nSPS) is 12.7. The largest absolute Gasteiger partial charge is 0.507 e. The van der Waals surface area contributed by atoms with E-state index >= 15 is 0 Å². The van der Waals surface area contributed by atoms with Crippen molar-refractivity contribution in [3.8, 4) is 5.75 Å². The number of halogens is 1. The Bertz CT molecular complexity index is 818. The van der Waals surface area contributed by atoms with Crippen molar-refractivity contribution in [3.05, 3.63) is 57.9 Å². The number of fused-ring (bicyclic) bond motifs is 1. The molecule has 0 spiro atoms. The van der Waals surface area contributed by atoms with Gasteiger partial charge in [-0.1, -0.05) is 23.7 Å². The van der Waals surface area contributed by atoms with Crippen LogP contribution in [0.1, 0.15) is 28.6 Å². The molecule has 1 aromatic heterocycles. The summed E-state index contributed by atoms with van der Waals surface area (Å²) in [6, 6.07) is 9.22. The number of rotatable bonds is 3. The number of nitrogens with one attached hydrogen (secondary N) is 1. The van der Waals surface area contributed by atoms with E-state index in [1.165, 1.54) is 0 Å². The van der Waals surface area contributed by atoms with Crippen LogP contribution in [-0.2, 0) is 6.42 Å². The van der Waals surface area contributed by atoms with Crippen molar-refractivity contribution in [2.45, 2.75) is 26.3 Å². The summed E-state index contributed by atoms with van der Waals surface area (Å²) in [6.45, 7) is 3.78. The monoisotopic (exact) mass is 315 g/mol. The number of hydrogen-bond donors (Lipinski definition) is 3. The minimum Gasteiger partial charge on any atom is -0.507 e. The van der Waals surface area contributed by atoms with E-state index in [4.69, 9.17) is 17.3 Å². The second kappa shape index (κ2) is 5.63. The smallest absolute Gasteiger partial charge is 0.124 e. The number of imidazole rings is 1. The molecule has 0 aliphatic heterocycles. The minimum absolute atomic E-state index is 0.241. The molecule has 0 aliphatic rings. The highest BCUT2D eigenvalue weighted by molar-refractivity contribution is 6.31. The Morgan fingerprint density at radius 1 is 1.23 bits per heavy atom. The maximum Gasteiger partial charge on any atom is 0.124 e. The SMILES string of the molecule is Cc1cc(CC(N)c2nc3cc(Cl)ccc3[nH]2)cc(C)c1O. The van der Waals surface area contributed by atoms with Crippen molar-refractivity contribution in [2.24, 2.45) is 5.73 Å². The van der Waals surface area contributed by atoms with Gasteiger partial charge in [-0.15, -0.1) is 0 Å². The highest BCUT2D eigenvalue weighted by Gasteiger charge is 2.14. The van der Waals surface area contributed by atoms with Gasteiger partial charge in [-0.3, -0.25) is 0 Å². The average molecular weight is 316 g/mol.